The highest BCUT2D eigenvalue weighted by Gasteiger charge is 2.25. The predicted molar refractivity (Wildman–Crippen MR) is 137 cm³/mol. The van der Waals surface area contributed by atoms with E-state index >= 15 is 0 Å². The van der Waals surface area contributed by atoms with Gasteiger partial charge < -0.3 is 26.6 Å². The van der Waals surface area contributed by atoms with Crippen LogP contribution in [0.2, 0.25) is 5.02 Å². The number of benzene rings is 2. The second-order valence-electron chi connectivity index (χ2n) is 7.98. The van der Waals surface area contributed by atoms with Crippen molar-refractivity contribution in [2.45, 2.75) is 6.04 Å². The van der Waals surface area contributed by atoms with Crippen LogP contribution in [0.15, 0.2) is 66.9 Å². The van der Waals surface area contributed by atoms with Gasteiger partial charge >= 0.3 is 11.8 Å². The Morgan fingerprint density at radius 1 is 0.917 bits per heavy atom. The highest BCUT2D eigenvalue weighted by Crippen LogP contribution is 2.21. The van der Waals surface area contributed by atoms with Crippen molar-refractivity contribution in [3.05, 3.63) is 77.4 Å². The summed E-state index contributed by atoms with van der Waals surface area (Å²) in [4.78, 5) is 55.0. The number of halogens is 1. The highest BCUT2D eigenvalue weighted by atomic mass is 35.5. The third kappa shape index (κ3) is 7.03. The van der Waals surface area contributed by atoms with Gasteiger partial charge in [-0.15, -0.1) is 0 Å². The van der Waals surface area contributed by atoms with Gasteiger partial charge in [-0.25, -0.2) is 4.98 Å². The van der Waals surface area contributed by atoms with Crippen LogP contribution < -0.4 is 21.7 Å². The number of rotatable bonds is 7. The Balaban J connectivity index is 1.63. The van der Waals surface area contributed by atoms with Crippen LogP contribution in [0, 0.1) is 0 Å². The maximum atomic E-state index is 12.8. The summed E-state index contributed by atoms with van der Waals surface area (Å²) in [7, 11) is 3.03. The molecule has 0 saturated heterocycles. The van der Waals surface area contributed by atoms with E-state index in [1.807, 2.05) is 12.1 Å². The number of nitrogens with one attached hydrogen (secondary N) is 3. The van der Waals surface area contributed by atoms with Gasteiger partial charge in [-0.1, -0.05) is 35.9 Å². The first-order valence-electron chi connectivity index (χ1n) is 10.8. The van der Waals surface area contributed by atoms with Crippen LogP contribution in [0.3, 0.4) is 0 Å². The Hall–Kier alpha value is -4.44. The largest absolute Gasteiger partial charge is 0.399 e. The van der Waals surface area contributed by atoms with Gasteiger partial charge in [-0.3, -0.25) is 19.2 Å². The molecule has 186 valence electrons. The minimum atomic E-state index is -1.10. The molecule has 3 aromatic rings. The zero-order chi connectivity index (χ0) is 26.2. The van der Waals surface area contributed by atoms with E-state index < -0.39 is 29.7 Å². The molecule has 36 heavy (non-hydrogen) atoms. The number of likely N-dealkylation sites (N-methyl/N-ethyl adjacent to an activating group) is 1. The molecule has 1 atom stereocenters. The first-order chi connectivity index (χ1) is 17.1. The van der Waals surface area contributed by atoms with Crippen LogP contribution in [-0.2, 0) is 14.4 Å². The minimum Gasteiger partial charge on any atom is -0.399 e. The van der Waals surface area contributed by atoms with Gasteiger partial charge in [0.15, 0.2) is 0 Å². The molecule has 0 radical (unpaired) electrons. The van der Waals surface area contributed by atoms with Crippen molar-refractivity contribution in [2.75, 3.05) is 31.7 Å². The fraction of sp³-hybridized carbons (Fsp3) is 0.160. The Labute approximate surface area is 212 Å². The number of amides is 4. The van der Waals surface area contributed by atoms with E-state index in [1.54, 1.807) is 36.4 Å². The molecule has 3 rings (SSSR count). The molecule has 1 heterocycles. The van der Waals surface area contributed by atoms with E-state index in [-0.39, 0.29) is 12.4 Å². The number of hydrogen-bond acceptors (Lipinski definition) is 6. The highest BCUT2D eigenvalue weighted by molar-refractivity contribution is 6.39. The van der Waals surface area contributed by atoms with E-state index in [0.717, 1.165) is 11.1 Å². The second kappa shape index (κ2) is 11.8. The smallest absolute Gasteiger partial charge is 0.314 e. The Morgan fingerprint density at radius 3 is 2.08 bits per heavy atom. The molecule has 0 aliphatic rings. The number of pyridine rings is 1. The number of nitrogens with zero attached hydrogens (tertiary/aromatic N) is 2. The fourth-order valence-corrected chi connectivity index (χ4v) is 3.25. The lowest BCUT2D eigenvalue weighted by Crippen LogP contribution is -2.53. The van der Waals surface area contributed by atoms with E-state index in [9.17, 15) is 19.2 Å². The molecule has 4 amide bonds. The zero-order valence-electron chi connectivity index (χ0n) is 19.6. The van der Waals surface area contributed by atoms with Gasteiger partial charge in [0, 0.05) is 38.1 Å². The van der Waals surface area contributed by atoms with Gasteiger partial charge in [0.25, 0.3) is 5.91 Å². The minimum absolute atomic E-state index is 0.135. The average molecular weight is 509 g/mol. The Bertz CT molecular complexity index is 1250. The third-order valence-electron chi connectivity index (χ3n) is 5.08. The Kier molecular flexibility index (Phi) is 8.58. The Morgan fingerprint density at radius 2 is 1.53 bits per heavy atom. The predicted octanol–water partition coefficient (Wildman–Crippen LogP) is 1.93. The lowest BCUT2D eigenvalue weighted by Gasteiger charge is -2.22. The van der Waals surface area contributed by atoms with Crippen molar-refractivity contribution in [3.8, 4) is 11.1 Å². The van der Waals surface area contributed by atoms with Gasteiger partial charge in [0.2, 0.25) is 5.91 Å². The summed E-state index contributed by atoms with van der Waals surface area (Å²) in [6, 6.07) is 16.0. The van der Waals surface area contributed by atoms with Crippen molar-refractivity contribution in [1.82, 2.24) is 20.5 Å². The zero-order valence-corrected chi connectivity index (χ0v) is 20.4. The molecule has 0 saturated carbocycles. The van der Waals surface area contributed by atoms with E-state index in [1.165, 1.54) is 37.3 Å². The second-order valence-corrected chi connectivity index (χ2v) is 8.42. The van der Waals surface area contributed by atoms with E-state index in [0.29, 0.717) is 16.3 Å². The molecule has 2 aromatic carbocycles. The van der Waals surface area contributed by atoms with E-state index in [2.05, 4.69) is 20.9 Å². The van der Waals surface area contributed by atoms with Crippen molar-refractivity contribution < 1.29 is 19.2 Å². The fourth-order valence-electron chi connectivity index (χ4n) is 3.14. The van der Waals surface area contributed by atoms with Crippen molar-refractivity contribution in [3.63, 3.8) is 0 Å². The first-order valence-corrected chi connectivity index (χ1v) is 11.2. The maximum absolute atomic E-state index is 12.8. The number of nitrogens with two attached hydrogens (primary N) is 1. The molecule has 0 bridgehead atoms. The van der Waals surface area contributed by atoms with Crippen LogP contribution >= 0.6 is 11.6 Å². The number of anilines is 2. The number of hydrogen-bond donors (Lipinski definition) is 4. The maximum Gasteiger partial charge on any atom is 0.314 e. The summed E-state index contributed by atoms with van der Waals surface area (Å²) in [6.45, 7) is -0.299. The number of carbonyl (C=O) groups excluding carboxylic acids is 4. The molecule has 0 aliphatic heterocycles. The standard InChI is InChI=1S/C25H25ClN6O4/c1-32(2)25(36)20(14-29-23(34)24(35)31-21-12-9-18(26)13-28-21)30-22(33)17-5-3-15(4-6-17)16-7-10-19(27)11-8-16/h3-13,20H,14,27H2,1-2H3,(H,29,34)(H,30,33)(H,28,31,35). The first kappa shape index (κ1) is 26.2. The van der Waals surface area contributed by atoms with Crippen molar-refractivity contribution in [2.24, 2.45) is 0 Å². The molecule has 5 N–H and O–H groups in total. The molecule has 10 nitrogen and oxygen atoms in total. The van der Waals surface area contributed by atoms with Crippen molar-refractivity contribution in [1.29, 1.82) is 0 Å². The molecule has 0 aliphatic carbocycles. The summed E-state index contributed by atoms with van der Waals surface area (Å²) in [6.07, 6.45) is 1.32. The molecule has 0 spiro atoms. The summed E-state index contributed by atoms with van der Waals surface area (Å²) in [5, 5.41) is 7.67. The topological polar surface area (TPSA) is 147 Å². The summed E-state index contributed by atoms with van der Waals surface area (Å²) in [5.74, 6) is -2.81. The molecular weight excluding hydrogens is 484 g/mol. The number of aromatic nitrogens is 1. The molecule has 1 aromatic heterocycles. The normalized spacial score (nSPS) is 11.2. The summed E-state index contributed by atoms with van der Waals surface area (Å²) < 4.78 is 0. The van der Waals surface area contributed by atoms with Crippen LogP contribution in [0.1, 0.15) is 10.4 Å². The number of carbonyl (C=O) groups is 4. The quantitative estimate of drug-likeness (QED) is 0.283. The van der Waals surface area contributed by atoms with Gasteiger partial charge in [0.05, 0.1) is 5.02 Å². The van der Waals surface area contributed by atoms with Gasteiger partial charge in [0.1, 0.15) is 11.9 Å². The van der Waals surface area contributed by atoms with Gasteiger partial charge in [-0.2, -0.15) is 0 Å². The molecule has 0 fully saturated rings. The van der Waals surface area contributed by atoms with Crippen LogP contribution in [-0.4, -0.2) is 60.2 Å². The summed E-state index contributed by atoms with van der Waals surface area (Å²) >= 11 is 5.75. The number of nitrogen functional groups attached to an aromatic ring is 1. The van der Waals surface area contributed by atoms with Crippen LogP contribution in [0.25, 0.3) is 11.1 Å². The summed E-state index contributed by atoms with van der Waals surface area (Å²) in [5.41, 5.74) is 8.52. The van der Waals surface area contributed by atoms with E-state index in [4.69, 9.17) is 17.3 Å². The molecule has 1 unspecified atom stereocenters. The average Bonchev–Trinajstić information content (AvgIpc) is 2.87. The SMILES string of the molecule is CN(C)C(=O)C(CNC(=O)C(=O)Nc1ccc(Cl)cn1)NC(=O)c1ccc(-c2ccc(N)cc2)cc1. The molecule has 11 heteroatoms. The molecular formula is C25H25ClN6O4. The van der Waals surface area contributed by atoms with Gasteiger partial charge in [-0.05, 0) is 47.5 Å². The van der Waals surface area contributed by atoms with Crippen LogP contribution in [0.5, 0.6) is 0 Å². The lowest BCUT2D eigenvalue weighted by atomic mass is 10.0. The van der Waals surface area contributed by atoms with Crippen molar-refractivity contribution >= 4 is 46.7 Å². The lowest BCUT2D eigenvalue weighted by molar-refractivity contribution is -0.136. The van der Waals surface area contributed by atoms with Crippen LogP contribution in [0.4, 0.5) is 11.5 Å². The monoisotopic (exact) mass is 508 g/mol. The third-order valence-corrected chi connectivity index (χ3v) is 5.30.